The summed E-state index contributed by atoms with van der Waals surface area (Å²) in [5, 5.41) is 59.8. The molecule has 58 heavy (non-hydrogen) atoms. The molecule has 1 atom stereocenters. The topological polar surface area (TPSA) is 291 Å². The molecular formula is C39H32N8O11. The number of nitriles is 1. The van der Waals surface area contributed by atoms with Gasteiger partial charge in [0.15, 0.2) is 28.7 Å². The third kappa shape index (κ3) is 9.39. The number of phenolic OH excluding ortho intramolecular Hbond substituents is 1. The number of carbonyl (C=O) groups is 6. The van der Waals surface area contributed by atoms with Crippen molar-refractivity contribution in [3.63, 3.8) is 0 Å². The summed E-state index contributed by atoms with van der Waals surface area (Å²) in [6.45, 7) is 0. The molecule has 1 aromatic heterocycles. The number of aromatic nitrogens is 2. The van der Waals surface area contributed by atoms with Crippen molar-refractivity contribution in [3.05, 3.63) is 119 Å². The number of hydrogen-bond acceptors (Lipinski definition) is 13. The maximum Gasteiger partial charge on any atom is 0.339 e. The molecular weight excluding hydrogens is 756 g/mol. The van der Waals surface area contributed by atoms with E-state index in [1.165, 1.54) is 86.1 Å². The normalized spacial score (nSPS) is 10.8. The van der Waals surface area contributed by atoms with Gasteiger partial charge in [-0.1, -0.05) is 0 Å². The standard InChI is InChI=1S/C39H32N8O11/c1-57-32-26(15-13-24(30(32)48)36(52)45-27-16-14-25(39(55)56)31(49)33(27)58-2)44-34(50)20-5-9-22(10-6-20)42-37(53)28(17-18-40)46-35(51)21-7-11-23(12-8-21)43-38(54)29-4-3-19-41-47-29/h3-16,19,28,48-49H,17H2,1-2H3,(H,42,53)(H,43,54)(H,44,50)(H,45,52)(H,46,51)(H,55,56)/t28-/m0/s1. The zero-order chi connectivity index (χ0) is 41.9. The Balaban J connectivity index is 1.20. The molecule has 0 fully saturated rings. The number of carboxylic acid groups (broad SMARTS) is 1. The summed E-state index contributed by atoms with van der Waals surface area (Å²) >= 11 is 0. The van der Waals surface area contributed by atoms with Gasteiger partial charge in [-0.15, -0.1) is 5.10 Å². The van der Waals surface area contributed by atoms with Gasteiger partial charge in [-0.2, -0.15) is 10.4 Å². The van der Waals surface area contributed by atoms with Crippen molar-refractivity contribution in [2.75, 3.05) is 35.5 Å². The molecule has 5 rings (SSSR count). The Bertz CT molecular complexity index is 2440. The van der Waals surface area contributed by atoms with E-state index in [-0.39, 0.29) is 57.4 Å². The minimum absolute atomic E-state index is 0.0171. The summed E-state index contributed by atoms with van der Waals surface area (Å²) in [7, 11) is 2.35. The van der Waals surface area contributed by atoms with Crippen molar-refractivity contribution >= 4 is 58.3 Å². The summed E-state index contributed by atoms with van der Waals surface area (Å²) in [6.07, 6.45) is 1.06. The first kappa shape index (κ1) is 40.7. The van der Waals surface area contributed by atoms with Crippen molar-refractivity contribution in [3.8, 4) is 29.1 Å². The quantitative estimate of drug-likeness (QED) is 0.0789. The fourth-order valence-electron chi connectivity index (χ4n) is 5.29. The van der Waals surface area contributed by atoms with E-state index in [0.29, 0.717) is 5.69 Å². The number of phenols is 2. The van der Waals surface area contributed by atoms with E-state index in [0.717, 1.165) is 13.2 Å². The smallest absolute Gasteiger partial charge is 0.339 e. The van der Waals surface area contributed by atoms with Crippen molar-refractivity contribution in [1.29, 1.82) is 5.26 Å². The van der Waals surface area contributed by atoms with Gasteiger partial charge in [0.05, 0.1) is 43.6 Å². The predicted octanol–water partition coefficient (Wildman–Crippen LogP) is 4.01. The molecule has 294 valence electrons. The van der Waals surface area contributed by atoms with Gasteiger partial charge in [-0.25, -0.2) is 4.79 Å². The molecule has 19 heteroatoms. The van der Waals surface area contributed by atoms with Crippen LogP contribution in [-0.4, -0.2) is 81.3 Å². The molecule has 0 radical (unpaired) electrons. The Morgan fingerprint density at radius 2 is 1.21 bits per heavy atom. The molecule has 0 unspecified atom stereocenters. The second-order valence-corrected chi connectivity index (χ2v) is 11.9. The van der Waals surface area contributed by atoms with E-state index in [1.54, 1.807) is 6.07 Å². The minimum Gasteiger partial charge on any atom is -0.504 e. The van der Waals surface area contributed by atoms with E-state index < -0.39 is 58.6 Å². The molecule has 1 heterocycles. The van der Waals surface area contributed by atoms with Crippen LogP contribution in [-0.2, 0) is 4.79 Å². The van der Waals surface area contributed by atoms with Crippen molar-refractivity contribution in [2.24, 2.45) is 0 Å². The highest BCUT2D eigenvalue weighted by Gasteiger charge is 2.25. The monoisotopic (exact) mass is 788 g/mol. The summed E-state index contributed by atoms with van der Waals surface area (Å²) < 4.78 is 10.3. The molecule has 0 spiro atoms. The molecule has 0 bridgehead atoms. The van der Waals surface area contributed by atoms with Gasteiger partial charge in [0, 0.05) is 28.7 Å². The second kappa shape index (κ2) is 18.2. The third-order valence-corrected chi connectivity index (χ3v) is 8.18. The van der Waals surface area contributed by atoms with E-state index in [4.69, 9.17) is 9.47 Å². The van der Waals surface area contributed by atoms with Crippen molar-refractivity contribution in [2.45, 2.75) is 12.5 Å². The number of aromatic carboxylic acids is 1. The Labute approximate surface area is 328 Å². The molecule has 8 N–H and O–H groups in total. The number of aromatic hydroxyl groups is 2. The number of carbonyl (C=O) groups excluding carboxylic acids is 5. The predicted molar refractivity (Wildman–Crippen MR) is 205 cm³/mol. The number of carboxylic acids is 1. The molecule has 0 saturated carbocycles. The number of benzene rings is 4. The van der Waals surface area contributed by atoms with Crippen LogP contribution in [0.2, 0.25) is 0 Å². The number of ether oxygens (including phenoxy) is 2. The van der Waals surface area contributed by atoms with Crippen molar-refractivity contribution in [1.82, 2.24) is 15.5 Å². The van der Waals surface area contributed by atoms with Gasteiger partial charge in [-0.05, 0) is 84.9 Å². The molecule has 19 nitrogen and oxygen atoms in total. The average molecular weight is 789 g/mol. The van der Waals surface area contributed by atoms with Crippen LogP contribution in [0.3, 0.4) is 0 Å². The first-order valence-corrected chi connectivity index (χ1v) is 16.8. The maximum absolute atomic E-state index is 13.1. The molecule has 0 aliphatic carbocycles. The summed E-state index contributed by atoms with van der Waals surface area (Å²) in [6, 6.07) is 19.7. The fraction of sp³-hybridized carbons (Fsp3) is 0.103. The Kier molecular flexibility index (Phi) is 12.8. The lowest BCUT2D eigenvalue weighted by molar-refractivity contribution is -0.117. The minimum atomic E-state index is -1.42. The highest BCUT2D eigenvalue weighted by Crippen LogP contribution is 2.40. The van der Waals surface area contributed by atoms with Crippen LogP contribution in [0.4, 0.5) is 22.7 Å². The second-order valence-electron chi connectivity index (χ2n) is 11.9. The van der Waals surface area contributed by atoms with Gasteiger partial charge in [0.1, 0.15) is 11.6 Å². The summed E-state index contributed by atoms with van der Waals surface area (Å²) in [5.74, 6) is -6.82. The van der Waals surface area contributed by atoms with Gasteiger partial charge < -0.3 is 51.4 Å². The highest BCUT2D eigenvalue weighted by molar-refractivity contribution is 6.10. The number of amides is 5. The number of nitrogens with zero attached hydrogens (tertiary/aromatic N) is 3. The van der Waals surface area contributed by atoms with Crippen LogP contribution in [0.25, 0.3) is 0 Å². The largest absolute Gasteiger partial charge is 0.504 e. The third-order valence-electron chi connectivity index (χ3n) is 8.18. The van der Waals surface area contributed by atoms with Gasteiger partial charge in [0.2, 0.25) is 5.91 Å². The molecule has 0 aliphatic rings. The summed E-state index contributed by atoms with van der Waals surface area (Å²) in [4.78, 5) is 75.9. The first-order chi connectivity index (χ1) is 27.8. The number of anilines is 4. The zero-order valence-electron chi connectivity index (χ0n) is 30.4. The molecule has 5 aromatic rings. The Morgan fingerprint density at radius 3 is 1.74 bits per heavy atom. The lowest BCUT2D eigenvalue weighted by Gasteiger charge is -2.17. The van der Waals surface area contributed by atoms with Crippen LogP contribution < -0.4 is 36.1 Å². The molecule has 4 aromatic carbocycles. The summed E-state index contributed by atoms with van der Waals surface area (Å²) in [5.41, 5.74) is 0.0840. The highest BCUT2D eigenvalue weighted by atomic mass is 16.5. The fourth-order valence-corrected chi connectivity index (χ4v) is 5.29. The number of hydrogen-bond donors (Lipinski definition) is 8. The van der Waals surface area contributed by atoms with Crippen LogP contribution in [0, 0.1) is 11.3 Å². The van der Waals surface area contributed by atoms with E-state index in [2.05, 4.69) is 36.8 Å². The van der Waals surface area contributed by atoms with E-state index in [9.17, 15) is 49.3 Å². The van der Waals surface area contributed by atoms with Gasteiger partial charge in [0.25, 0.3) is 23.6 Å². The lowest BCUT2D eigenvalue weighted by Crippen LogP contribution is -2.43. The van der Waals surface area contributed by atoms with Gasteiger partial charge in [-0.3, -0.25) is 24.0 Å². The maximum atomic E-state index is 13.1. The van der Waals surface area contributed by atoms with Crippen LogP contribution in [0.15, 0.2) is 91.1 Å². The lowest BCUT2D eigenvalue weighted by atomic mass is 10.1. The average Bonchev–Trinajstić information content (AvgIpc) is 3.21. The molecule has 5 amide bonds. The van der Waals surface area contributed by atoms with Crippen LogP contribution in [0.1, 0.15) is 58.3 Å². The first-order valence-electron chi connectivity index (χ1n) is 16.8. The SMILES string of the molecule is COc1c(NC(=O)c2ccc(NC(=O)c3ccc(NC(=O)[C@H](CC#N)NC(=O)c4ccc(NC(=O)c5cccnn5)cc4)cc3)c(OC)c2O)ccc(C(=O)O)c1O. The number of rotatable bonds is 14. The Morgan fingerprint density at radius 1 is 0.672 bits per heavy atom. The number of nitrogens with one attached hydrogen (secondary N) is 5. The number of methoxy groups -OCH3 is 2. The van der Waals surface area contributed by atoms with Crippen LogP contribution >= 0.6 is 0 Å². The zero-order valence-corrected chi connectivity index (χ0v) is 30.4. The van der Waals surface area contributed by atoms with E-state index in [1.807, 2.05) is 6.07 Å². The Hall–Kier alpha value is -8.53. The molecule has 0 aliphatic heterocycles. The molecule has 0 saturated heterocycles. The van der Waals surface area contributed by atoms with Gasteiger partial charge >= 0.3 is 5.97 Å². The van der Waals surface area contributed by atoms with Crippen LogP contribution in [0.5, 0.6) is 23.0 Å². The van der Waals surface area contributed by atoms with E-state index >= 15 is 0 Å². The van der Waals surface area contributed by atoms with Crippen molar-refractivity contribution < 1.29 is 53.6 Å².